The van der Waals surface area contributed by atoms with Gasteiger partial charge in [-0.05, 0) is 6.07 Å². The smallest absolute Gasteiger partial charge is 0.326 e. The molecule has 0 unspecified atom stereocenters. The number of amides is 4. The van der Waals surface area contributed by atoms with Crippen molar-refractivity contribution in [3.8, 4) is 11.8 Å². The van der Waals surface area contributed by atoms with Gasteiger partial charge in [-0.3, -0.25) is 19.3 Å². The van der Waals surface area contributed by atoms with Gasteiger partial charge in [0.15, 0.2) is 12.1 Å². The van der Waals surface area contributed by atoms with E-state index in [4.69, 9.17) is 14.7 Å². The van der Waals surface area contributed by atoms with Crippen molar-refractivity contribution in [1.82, 2.24) is 15.5 Å². The van der Waals surface area contributed by atoms with Crippen LogP contribution in [0.25, 0.3) is 0 Å². The van der Waals surface area contributed by atoms with E-state index in [0.717, 1.165) is 4.90 Å². The summed E-state index contributed by atoms with van der Waals surface area (Å²) >= 11 is 0. The summed E-state index contributed by atoms with van der Waals surface area (Å²) < 4.78 is 10.3. The third-order valence-corrected chi connectivity index (χ3v) is 4.47. The van der Waals surface area contributed by atoms with Crippen LogP contribution in [0.1, 0.15) is 18.4 Å². The van der Waals surface area contributed by atoms with Gasteiger partial charge in [0.1, 0.15) is 12.3 Å². The first-order valence-electron chi connectivity index (χ1n) is 8.63. The number of benzene rings is 1. The Bertz CT molecular complexity index is 864. The number of carbonyl (C=O) groups excluding carboxylic acids is 4. The van der Waals surface area contributed by atoms with E-state index in [2.05, 4.69) is 10.6 Å². The first-order chi connectivity index (χ1) is 13.5. The Hall–Kier alpha value is -3.61. The summed E-state index contributed by atoms with van der Waals surface area (Å²) in [5.74, 6) is -1.53. The van der Waals surface area contributed by atoms with E-state index in [0.29, 0.717) is 11.3 Å². The van der Waals surface area contributed by atoms with Crippen LogP contribution in [0.5, 0.6) is 5.75 Å². The lowest BCUT2D eigenvalue weighted by Crippen LogP contribution is -2.47. The molecule has 0 aliphatic carbocycles. The minimum absolute atomic E-state index is 0.134. The molecule has 1 saturated heterocycles. The lowest BCUT2D eigenvalue weighted by atomic mass is 9.84. The fraction of sp³-hybridized carbons (Fsp3) is 0.389. The van der Waals surface area contributed by atoms with Crippen molar-refractivity contribution in [1.29, 1.82) is 5.26 Å². The van der Waals surface area contributed by atoms with E-state index in [1.165, 1.54) is 0 Å². The molecule has 2 aliphatic heterocycles. The standard InChI is InChI=1S/C18H18N4O6/c19-7-3-8-20-14(23)11-28-15(24)10-22-16(25)18(21-17(22)26)6-9-27-13-5-2-1-4-12(13)18/h1-2,4-5H,3,6,8-11H2,(H,20,23)(H,21,26)/t18-/m0/s1. The number of hydrogen-bond acceptors (Lipinski definition) is 7. The van der Waals surface area contributed by atoms with Crippen LogP contribution >= 0.6 is 0 Å². The highest BCUT2D eigenvalue weighted by Crippen LogP contribution is 2.40. The van der Waals surface area contributed by atoms with Crippen LogP contribution in [0, 0.1) is 11.3 Å². The van der Waals surface area contributed by atoms with Crippen molar-refractivity contribution in [2.45, 2.75) is 18.4 Å². The van der Waals surface area contributed by atoms with Gasteiger partial charge in [0.2, 0.25) is 0 Å². The molecule has 10 heteroatoms. The van der Waals surface area contributed by atoms with Crippen molar-refractivity contribution in [2.75, 3.05) is 26.3 Å². The van der Waals surface area contributed by atoms with Gasteiger partial charge in [0, 0.05) is 18.5 Å². The van der Waals surface area contributed by atoms with E-state index in [1.54, 1.807) is 24.3 Å². The number of para-hydroxylation sites is 1. The fourth-order valence-electron chi connectivity index (χ4n) is 3.15. The van der Waals surface area contributed by atoms with Crippen LogP contribution in [0.2, 0.25) is 0 Å². The molecule has 146 valence electrons. The number of carbonyl (C=O) groups is 4. The molecule has 2 N–H and O–H groups in total. The highest BCUT2D eigenvalue weighted by molar-refractivity contribution is 6.09. The van der Waals surface area contributed by atoms with Crippen LogP contribution in [-0.4, -0.2) is 55.0 Å². The second kappa shape index (κ2) is 7.96. The lowest BCUT2D eigenvalue weighted by Gasteiger charge is -2.33. The second-order valence-electron chi connectivity index (χ2n) is 6.24. The van der Waals surface area contributed by atoms with Gasteiger partial charge in [-0.15, -0.1) is 0 Å². The Morgan fingerprint density at radius 1 is 1.36 bits per heavy atom. The number of nitrogens with zero attached hydrogens (tertiary/aromatic N) is 2. The summed E-state index contributed by atoms with van der Waals surface area (Å²) in [4.78, 5) is 49.6. The van der Waals surface area contributed by atoms with Gasteiger partial charge < -0.3 is 20.1 Å². The number of imide groups is 1. The predicted octanol–water partition coefficient (Wildman–Crippen LogP) is -0.211. The molecule has 0 aromatic heterocycles. The van der Waals surface area contributed by atoms with E-state index in [1.807, 2.05) is 6.07 Å². The molecular weight excluding hydrogens is 368 g/mol. The predicted molar refractivity (Wildman–Crippen MR) is 92.7 cm³/mol. The summed E-state index contributed by atoms with van der Waals surface area (Å²) in [5.41, 5.74) is -0.742. The number of rotatable bonds is 6. The molecule has 2 heterocycles. The van der Waals surface area contributed by atoms with Crippen molar-refractivity contribution in [3.05, 3.63) is 29.8 Å². The Labute approximate surface area is 160 Å². The molecule has 1 atom stereocenters. The zero-order chi connectivity index (χ0) is 20.1. The van der Waals surface area contributed by atoms with E-state index >= 15 is 0 Å². The third-order valence-electron chi connectivity index (χ3n) is 4.47. The van der Waals surface area contributed by atoms with Gasteiger partial charge in [-0.1, -0.05) is 18.2 Å². The minimum Gasteiger partial charge on any atom is -0.493 e. The van der Waals surface area contributed by atoms with E-state index < -0.39 is 42.5 Å². The molecule has 0 radical (unpaired) electrons. The van der Waals surface area contributed by atoms with Crippen LogP contribution in [0.15, 0.2) is 24.3 Å². The maximum atomic E-state index is 13.0. The summed E-state index contributed by atoms with van der Waals surface area (Å²) in [5, 5.41) is 13.5. The first-order valence-corrected chi connectivity index (χ1v) is 8.63. The summed E-state index contributed by atoms with van der Waals surface area (Å²) in [6.45, 7) is -0.787. The molecule has 10 nitrogen and oxygen atoms in total. The molecule has 3 rings (SSSR count). The maximum Gasteiger partial charge on any atom is 0.326 e. The summed E-state index contributed by atoms with van der Waals surface area (Å²) in [7, 11) is 0. The number of esters is 1. The maximum absolute atomic E-state index is 13.0. The number of urea groups is 1. The van der Waals surface area contributed by atoms with E-state index in [-0.39, 0.29) is 26.0 Å². The molecule has 1 aromatic rings. The fourth-order valence-corrected chi connectivity index (χ4v) is 3.15. The Kier molecular flexibility index (Phi) is 5.44. The number of ether oxygens (including phenoxy) is 2. The minimum atomic E-state index is -1.28. The zero-order valence-corrected chi connectivity index (χ0v) is 14.9. The lowest BCUT2D eigenvalue weighted by molar-refractivity contribution is -0.151. The molecule has 1 spiro atoms. The Balaban J connectivity index is 1.63. The molecule has 0 saturated carbocycles. The number of hydrogen-bond donors (Lipinski definition) is 2. The van der Waals surface area contributed by atoms with Crippen LogP contribution < -0.4 is 15.4 Å². The van der Waals surface area contributed by atoms with Gasteiger partial charge in [0.05, 0.1) is 19.1 Å². The molecule has 28 heavy (non-hydrogen) atoms. The SMILES string of the molecule is N#CCCNC(=O)COC(=O)CN1C(=O)N[C@]2(CCOc3ccccc32)C1=O. The van der Waals surface area contributed by atoms with Crippen molar-refractivity contribution in [3.63, 3.8) is 0 Å². The van der Waals surface area contributed by atoms with Crippen LogP contribution in [0.3, 0.4) is 0 Å². The van der Waals surface area contributed by atoms with Gasteiger partial charge >= 0.3 is 12.0 Å². The van der Waals surface area contributed by atoms with Crippen molar-refractivity contribution >= 4 is 23.8 Å². The molecule has 1 aromatic carbocycles. The second-order valence-corrected chi connectivity index (χ2v) is 6.24. The molecule has 0 bridgehead atoms. The normalized spacial score (nSPS) is 20.0. The van der Waals surface area contributed by atoms with Gasteiger partial charge in [-0.2, -0.15) is 5.26 Å². The number of fused-ring (bicyclic) bond motifs is 2. The van der Waals surface area contributed by atoms with Crippen LogP contribution in [-0.2, 0) is 24.7 Å². The highest BCUT2D eigenvalue weighted by Gasteiger charge is 2.55. The largest absolute Gasteiger partial charge is 0.493 e. The topological polar surface area (TPSA) is 138 Å². The zero-order valence-electron chi connectivity index (χ0n) is 14.9. The number of nitriles is 1. The van der Waals surface area contributed by atoms with Gasteiger partial charge in [0.25, 0.3) is 11.8 Å². The van der Waals surface area contributed by atoms with Crippen LogP contribution in [0.4, 0.5) is 4.79 Å². The average molecular weight is 386 g/mol. The highest BCUT2D eigenvalue weighted by atomic mass is 16.5. The molecular formula is C18H18N4O6. The first kappa shape index (κ1) is 19.2. The Morgan fingerprint density at radius 3 is 2.93 bits per heavy atom. The van der Waals surface area contributed by atoms with E-state index in [9.17, 15) is 19.2 Å². The quantitative estimate of drug-likeness (QED) is 0.392. The molecule has 1 fully saturated rings. The monoisotopic (exact) mass is 386 g/mol. The average Bonchev–Trinajstić information content (AvgIpc) is 2.92. The summed E-state index contributed by atoms with van der Waals surface area (Å²) in [6.07, 6.45) is 0.372. The van der Waals surface area contributed by atoms with Gasteiger partial charge in [-0.25, -0.2) is 4.79 Å². The van der Waals surface area contributed by atoms with Crippen molar-refractivity contribution < 1.29 is 28.7 Å². The third kappa shape index (κ3) is 3.59. The van der Waals surface area contributed by atoms with Crippen molar-refractivity contribution in [2.24, 2.45) is 0 Å². The Morgan fingerprint density at radius 2 is 2.14 bits per heavy atom. The molecule has 4 amide bonds. The summed E-state index contributed by atoms with van der Waals surface area (Å²) in [6, 6.07) is 8.04. The number of nitrogens with one attached hydrogen (secondary N) is 2. The molecule has 2 aliphatic rings.